The topological polar surface area (TPSA) is 133 Å². The molecule has 1 amide bonds. The zero-order chi connectivity index (χ0) is 36.5. The summed E-state index contributed by atoms with van der Waals surface area (Å²) in [6.07, 6.45) is 4.32. The van der Waals surface area contributed by atoms with E-state index in [0.717, 1.165) is 56.7 Å². The predicted molar refractivity (Wildman–Crippen MR) is 194 cm³/mol. The fraction of sp³-hybridized carbons (Fsp3) is 0.556. The minimum Gasteiger partial charge on any atom is -0.459 e. The van der Waals surface area contributed by atoms with Crippen molar-refractivity contribution in [2.75, 3.05) is 52.5 Å². The lowest BCUT2D eigenvalue weighted by Crippen LogP contribution is -2.49. The summed E-state index contributed by atoms with van der Waals surface area (Å²) in [5.74, 6) is -0.513. The number of oxime groups is 1. The number of esters is 1. The van der Waals surface area contributed by atoms with E-state index in [2.05, 4.69) is 35.3 Å². The molecular formula is C36H48ClN9O5. The van der Waals surface area contributed by atoms with E-state index in [1.807, 2.05) is 52.9 Å². The van der Waals surface area contributed by atoms with Gasteiger partial charge in [-0.3, -0.25) is 24.1 Å². The second-order valence-electron chi connectivity index (χ2n) is 14.0. The molecule has 2 aliphatic rings. The molecule has 2 aromatic heterocycles. The zero-order valence-electron chi connectivity index (χ0n) is 30.1. The number of carbonyl (C=O) groups excluding carboxylic acids is 2. The molecule has 2 atom stereocenters. The van der Waals surface area contributed by atoms with E-state index in [4.69, 9.17) is 32.5 Å². The van der Waals surface area contributed by atoms with E-state index in [0.29, 0.717) is 55.0 Å². The molecule has 1 unspecified atom stereocenters. The second kappa shape index (κ2) is 17.3. The van der Waals surface area contributed by atoms with Crippen LogP contribution in [-0.4, -0.2) is 111 Å². The van der Waals surface area contributed by atoms with Gasteiger partial charge in [0.2, 0.25) is 5.69 Å². The lowest BCUT2D eigenvalue weighted by atomic mass is 10.1. The van der Waals surface area contributed by atoms with E-state index < -0.39 is 5.60 Å². The summed E-state index contributed by atoms with van der Waals surface area (Å²) < 4.78 is 15.0. The van der Waals surface area contributed by atoms with Gasteiger partial charge in [0.15, 0.2) is 11.9 Å². The SMILES string of the molecule is [C-]#[N+]c1ccc(-c2ccn(C[C@H](C)NC(=O)c3cc(/C(C)=N/OCCN4CCN(CC(=O)OC(C)(C)C)CC4)n(C4CCCCO4)n3)n2)cc1Cl. The Bertz CT molecular complexity index is 1730. The van der Waals surface area contributed by atoms with Crippen LogP contribution in [0.3, 0.4) is 0 Å². The van der Waals surface area contributed by atoms with Crippen molar-refractivity contribution >= 4 is 34.9 Å². The first-order valence-corrected chi connectivity index (χ1v) is 17.8. The van der Waals surface area contributed by atoms with Crippen molar-refractivity contribution in [3.8, 4) is 11.3 Å². The first-order chi connectivity index (χ1) is 24.4. The zero-order valence-corrected chi connectivity index (χ0v) is 30.9. The minimum atomic E-state index is -0.484. The van der Waals surface area contributed by atoms with E-state index in [1.54, 1.807) is 27.6 Å². The van der Waals surface area contributed by atoms with Gasteiger partial charge in [0, 0.05) is 62.2 Å². The van der Waals surface area contributed by atoms with Crippen molar-refractivity contribution in [2.45, 2.75) is 78.3 Å². The Morgan fingerprint density at radius 3 is 2.59 bits per heavy atom. The van der Waals surface area contributed by atoms with E-state index >= 15 is 0 Å². The van der Waals surface area contributed by atoms with E-state index in [9.17, 15) is 9.59 Å². The molecule has 5 rings (SSSR count). The van der Waals surface area contributed by atoms with Crippen molar-refractivity contribution in [2.24, 2.45) is 5.16 Å². The highest BCUT2D eigenvalue weighted by molar-refractivity contribution is 6.33. The molecule has 14 nitrogen and oxygen atoms in total. The maximum absolute atomic E-state index is 13.4. The van der Waals surface area contributed by atoms with Crippen LogP contribution >= 0.6 is 11.6 Å². The molecule has 0 radical (unpaired) electrons. The Morgan fingerprint density at radius 2 is 1.90 bits per heavy atom. The van der Waals surface area contributed by atoms with Gasteiger partial charge >= 0.3 is 5.97 Å². The number of amides is 1. The third-order valence-corrected chi connectivity index (χ3v) is 8.85. The molecular weight excluding hydrogens is 674 g/mol. The lowest BCUT2D eigenvalue weighted by Gasteiger charge is -2.34. The first kappa shape index (κ1) is 38.0. The highest BCUT2D eigenvalue weighted by atomic mass is 35.5. The Labute approximate surface area is 304 Å². The molecule has 0 spiro atoms. The predicted octanol–water partition coefficient (Wildman–Crippen LogP) is 5.17. The molecule has 3 aromatic rings. The number of nitrogens with one attached hydrogen (secondary N) is 1. The van der Waals surface area contributed by atoms with Crippen LogP contribution in [0.1, 0.15) is 76.3 Å². The van der Waals surface area contributed by atoms with Crippen LogP contribution in [0.2, 0.25) is 5.02 Å². The number of hydrogen-bond acceptors (Lipinski definition) is 10. The summed E-state index contributed by atoms with van der Waals surface area (Å²) in [4.78, 5) is 39.1. The maximum atomic E-state index is 13.4. The molecule has 1 N–H and O–H groups in total. The number of nitrogens with zero attached hydrogens (tertiary/aromatic N) is 8. The van der Waals surface area contributed by atoms with Crippen molar-refractivity contribution < 1.29 is 23.9 Å². The molecule has 15 heteroatoms. The molecule has 2 fully saturated rings. The van der Waals surface area contributed by atoms with Gasteiger partial charge in [-0.05, 0) is 72.1 Å². The van der Waals surface area contributed by atoms with Crippen LogP contribution in [0.4, 0.5) is 5.69 Å². The number of piperazine rings is 1. The smallest absolute Gasteiger partial charge is 0.320 e. The highest BCUT2D eigenvalue weighted by Gasteiger charge is 2.26. The van der Waals surface area contributed by atoms with Crippen LogP contribution in [0.5, 0.6) is 0 Å². The number of aromatic nitrogens is 4. The molecule has 2 aliphatic heterocycles. The molecule has 51 heavy (non-hydrogen) atoms. The maximum Gasteiger partial charge on any atom is 0.320 e. The Balaban J connectivity index is 1.15. The van der Waals surface area contributed by atoms with Gasteiger partial charge in [-0.15, -0.1) is 0 Å². The first-order valence-electron chi connectivity index (χ1n) is 17.4. The Hall–Kier alpha value is -4.29. The van der Waals surface area contributed by atoms with Gasteiger partial charge in [-0.25, -0.2) is 9.53 Å². The monoisotopic (exact) mass is 721 g/mol. The summed E-state index contributed by atoms with van der Waals surface area (Å²) in [5.41, 5.74) is 2.96. The second-order valence-corrected chi connectivity index (χ2v) is 14.4. The van der Waals surface area contributed by atoms with Crippen molar-refractivity contribution in [1.82, 2.24) is 34.7 Å². The third-order valence-electron chi connectivity index (χ3n) is 8.55. The number of halogens is 1. The summed E-state index contributed by atoms with van der Waals surface area (Å²) in [5, 5.41) is 17.1. The van der Waals surface area contributed by atoms with Gasteiger partial charge in [0.05, 0.1) is 31.0 Å². The quantitative estimate of drug-likeness (QED) is 0.0835. The third kappa shape index (κ3) is 10.9. The number of ether oxygens (including phenoxy) is 2. The minimum absolute atomic E-state index is 0.200. The van der Waals surface area contributed by atoms with Crippen LogP contribution in [0.25, 0.3) is 16.1 Å². The van der Waals surface area contributed by atoms with Crippen LogP contribution in [-0.2, 0) is 25.7 Å². The van der Waals surface area contributed by atoms with Gasteiger partial charge < -0.3 is 19.6 Å². The largest absolute Gasteiger partial charge is 0.459 e. The normalized spacial score (nSPS) is 18.2. The Kier molecular flexibility index (Phi) is 12.9. The number of carbonyl (C=O) groups is 2. The molecule has 0 bridgehead atoms. The average Bonchev–Trinajstić information content (AvgIpc) is 3.75. The lowest BCUT2D eigenvalue weighted by molar-refractivity contribution is -0.156. The number of rotatable bonds is 13. The number of benzene rings is 1. The standard InChI is InChI=1S/C36H48ClN9O5/c1-25(23-45-13-12-29(40-45)27-10-11-30(38-6)28(37)21-27)39-35(48)31-22-32(46(41-31)33-9-7-8-19-49-33)26(2)42-50-20-18-43-14-16-44(17-15-43)24-34(47)51-36(3,4)5/h10-13,21-22,25,33H,7-9,14-20,23-24H2,1-5H3,(H,39,48)/b42-26+/t25-,33?/m0/s1. The van der Waals surface area contributed by atoms with Crippen LogP contribution in [0.15, 0.2) is 41.7 Å². The fourth-order valence-corrected chi connectivity index (χ4v) is 6.22. The van der Waals surface area contributed by atoms with Crippen LogP contribution in [0, 0.1) is 6.57 Å². The van der Waals surface area contributed by atoms with Crippen molar-refractivity contribution in [3.05, 3.63) is 64.4 Å². The summed E-state index contributed by atoms with van der Waals surface area (Å²) in [6.45, 7) is 22.2. The molecule has 2 saturated heterocycles. The Morgan fingerprint density at radius 1 is 1.14 bits per heavy atom. The molecule has 0 saturated carbocycles. The van der Waals surface area contributed by atoms with Gasteiger partial charge in [0.1, 0.15) is 17.9 Å². The highest BCUT2D eigenvalue weighted by Crippen LogP contribution is 2.30. The summed E-state index contributed by atoms with van der Waals surface area (Å²) >= 11 is 6.22. The van der Waals surface area contributed by atoms with Gasteiger partial charge in [-0.1, -0.05) is 28.9 Å². The molecule has 4 heterocycles. The van der Waals surface area contributed by atoms with Crippen molar-refractivity contribution in [1.29, 1.82) is 0 Å². The average molecular weight is 722 g/mol. The van der Waals surface area contributed by atoms with Gasteiger partial charge in [-0.2, -0.15) is 10.2 Å². The van der Waals surface area contributed by atoms with Gasteiger partial charge in [0.25, 0.3) is 5.91 Å². The molecule has 1 aromatic carbocycles. The van der Waals surface area contributed by atoms with Crippen molar-refractivity contribution in [3.63, 3.8) is 0 Å². The van der Waals surface area contributed by atoms with E-state index in [-0.39, 0.29) is 29.8 Å². The number of hydrogen-bond donors (Lipinski definition) is 1. The molecule has 274 valence electrons. The van der Waals surface area contributed by atoms with Crippen LogP contribution < -0.4 is 5.32 Å². The summed E-state index contributed by atoms with van der Waals surface area (Å²) in [7, 11) is 0. The van der Waals surface area contributed by atoms with E-state index in [1.165, 1.54) is 0 Å². The summed E-state index contributed by atoms with van der Waals surface area (Å²) in [6, 6.07) is 8.57. The fourth-order valence-electron chi connectivity index (χ4n) is 6.00. The molecule has 0 aliphatic carbocycles.